The van der Waals surface area contributed by atoms with E-state index < -0.39 is 0 Å². The summed E-state index contributed by atoms with van der Waals surface area (Å²) in [5.41, 5.74) is 0. The second kappa shape index (κ2) is 39.7. The van der Waals surface area contributed by atoms with Gasteiger partial charge in [-0.15, -0.1) is 0 Å². The molecule has 0 aliphatic heterocycles. The zero-order valence-electron chi connectivity index (χ0n) is 2.01. The molecule has 0 rings (SSSR count). The van der Waals surface area contributed by atoms with Crippen LogP contribution in [0.25, 0.3) is 0 Å². The molecule has 0 unspecified atom stereocenters. The number of hydrogen-bond donors (Lipinski definition) is 0. The summed E-state index contributed by atoms with van der Waals surface area (Å²) in [4.78, 5) is 0. The van der Waals surface area contributed by atoms with Crippen LogP contribution in [0.3, 0.4) is 0 Å². The third kappa shape index (κ3) is 25.1. The molecule has 0 fully saturated rings. The minimum Gasteiger partial charge on any atom is -1.00 e. The van der Waals surface area contributed by atoms with Gasteiger partial charge in [0.05, 0.1) is 0 Å². The molecule has 0 heterocycles. The van der Waals surface area contributed by atoms with Gasteiger partial charge < -0.3 is 49.6 Å². The fourth-order valence-corrected chi connectivity index (χ4v) is 0. The Balaban J connectivity index is 0. The monoisotopic (exact) mass is 188 g/mol. The average molecular weight is 190 g/mol. The Morgan fingerprint density at radius 3 is 0.400 bits per heavy atom. The molecule has 0 aromatic rings. The maximum absolute atomic E-state index is 0. The molecule has 0 aliphatic carbocycles. The number of rotatable bonds is 0. The summed E-state index contributed by atoms with van der Waals surface area (Å²) < 4.78 is 0. The second-order valence-corrected chi connectivity index (χ2v) is 0. The summed E-state index contributed by atoms with van der Waals surface area (Å²) in [7, 11) is 0. The zero-order chi connectivity index (χ0) is 0. The Morgan fingerprint density at radius 1 is 0.400 bits per heavy atom. The quantitative estimate of drug-likeness (QED) is 0.332. The van der Waals surface area contributed by atoms with Crippen molar-refractivity contribution >= 4 is 0 Å². The molecule has 0 aromatic carbocycles. The standard InChI is InChI=1S/4ClH.Ti/h4*1H;/q;;;;+2/p-4. The zero-order valence-corrected chi connectivity index (χ0v) is 6.60. The molecule has 0 aliphatic rings. The Bertz CT molecular complexity index is 3.61. The molecule has 0 bridgehead atoms. The first-order valence-corrected chi connectivity index (χ1v) is 0. The van der Waals surface area contributed by atoms with Crippen molar-refractivity contribution in [2.24, 2.45) is 0 Å². The molecule has 0 nitrogen and oxygen atoms in total. The Hall–Kier alpha value is 1.87. The molecule has 0 amide bonds. The predicted molar refractivity (Wildman–Crippen MR) is 0 cm³/mol. The van der Waals surface area contributed by atoms with E-state index in [9.17, 15) is 0 Å². The second-order valence-electron chi connectivity index (χ2n) is 0. The molecule has 34 valence electrons. The summed E-state index contributed by atoms with van der Waals surface area (Å²) in [5, 5.41) is 0. The van der Waals surface area contributed by atoms with Crippen LogP contribution in [0.5, 0.6) is 0 Å². The van der Waals surface area contributed by atoms with Crippen LogP contribution in [0.15, 0.2) is 0 Å². The third-order valence-corrected chi connectivity index (χ3v) is 0. The van der Waals surface area contributed by atoms with Crippen molar-refractivity contribution in [2.45, 2.75) is 0 Å². The van der Waals surface area contributed by atoms with Crippen LogP contribution in [0.1, 0.15) is 0 Å². The fraction of sp³-hybridized carbons (Fsp3) is 0. The molecule has 5 heteroatoms. The number of halogens is 4. The van der Waals surface area contributed by atoms with Crippen LogP contribution < -0.4 is 49.6 Å². The van der Waals surface area contributed by atoms with E-state index in [0.29, 0.717) is 0 Å². The molecule has 0 atom stereocenters. The predicted octanol–water partition coefficient (Wildman–Crippen LogP) is -12.0. The van der Waals surface area contributed by atoms with Gasteiger partial charge in [-0.1, -0.05) is 0 Å². The summed E-state index contributed by atoms with van der Waals surface area (Å²) >= 11 is 0. The van der Waals surface area contributed by atoms with E-state index in [2.05, 4.69) is 0 Å². The van der Waals surface area contributed by atoms with Crippen molar-refractivity contribution in [3.8, 4) is 0 Å². The summed E-state index contributed by atoms with van der Waals surface area (Å²) in [5.74, 6) is 0. The van der Waals surface area contributed by atoms with Gasteiger partial charge in [0.2, 0.25) is 0 Å². The molecule has 0 saturated carbocycles. The first kappa shape index (κ1) is 67.5. The van der Waals surface area contributed by atoms with Crippen molar-refractivity contribution in [1.29, 1.82) is 0 Å². The smallest absolute Gasteiger partial charge is 1.00 e. The first-order chi connectivity index (χ1) is 0. The molecule has 0 spiro atoms. The third-order valence-electron chi connectivity index (χ3n) is 0. The van der Waals surface area contributed by atoms with E-state index in [1.165, 1.54) is 0 Å². The minimum absolute atomic E-state index is 0. The van der Waals surface area contributed by atoms with Gasteiger partial charge in [-0.2, -0.15) is 0 Å². The van der Waals surface area contributed by atoms with E-state index >= 15 is 0 Å². The number of hydrogen-bond acceptors (Lipinski definition) is 0. The first-order valence-electron chi connectivity index (χ1n) is 0. The maximum atomic E-state index is 0. The van der Waals surface area contributed by atoms with Gasteiger partial charge >= 0.3 is 21.7 Å². The van der Waals surface area contributed by atoms with Crippen LogP contribution in [0, 0.1) is 0 Å². The molecular weight excluding hydrogens is 190 g/mol. The van der Waals surface area contributed by atoms with Crippen LogP contribution in [0.4, 0.5) is 0 Å². The molecule has 0 radical (unpaired) electrons. The fourth-order valence-electron chi connectivity index (χ4n) is 0. The molecular formula is Cl4Ti-2. The topological polar surface area (TPSA) is 0 Å². The molecule has 0 N–H and O–H groups in total. The van der Waals surface area contributed by atoms with Crippen molar-refractivity contribution in [3.63, 3.8) is 0 Å². The van der Waals surface area contributed by atoms with E-state index in [-0.39, 0.29) is 71.3 Å². The molecule has 0 saturated heterocycles. The van der Waals surface area contributed by atoms with Crippen LogP contribution >= 0.6 is 0 Å². The van der Waals surface area contributed by atoms with Gasteiger partial charge in [0.15, 0.2) is 0 Å². The van der Waals surface area contributed by atoms with E-state index in [0.717, 1.165) is 0 Å². The maximum Gasteiger partial charge on any atom is 2.00 e. The van der Waals surface area contributed by atoms with E-state index in [1.807, 2.05) is 0 Å². The summed E-state index contributed by atoms with van der Waals surface area (Å²) in [6.45, 7) is 0. The van der Waals surface area contributed by atoms with Gasteiger partial charge in [0.25, 0.3) is 0 Å². The van der Waals surface area contributed by atoms with Crippen LogP contribution in [0.2, 0.25) is 0 Å². The minimum atomic E-state index is 0. The average Bonchev–Trinajstić information content (AvgIpc) is 0. The largest absolute Gasteiger partial charge is 2.00 e. The van der Waals surface area contributed by atoms with Crippen LogP contribution in [-0.2, 0) is 21.7 Å². The van der Waals surface area contributed by atoms with Gasteiger partial charge in [-0.25, -0.2) is 0 Å². The van der Waals surface area contributed by atoms with Crippen molar-refractivity contribution in [1.82, 2.24) is 0 Å². The van der Waals surface area contributed by atoms with E-state index in [1.54, 1.807) is 0 Å². The van der Waals surface area contributed by atoms with Gasteiger partial charge in [-0.05, 0) is 0 Å². The van der Waals surface area contributed by atoms with Gasteiger partial charge in [0.1, 0.15) is 0 Å². The molecule has 5 heavy (non-hydrogen) atoms. The van der Waals surface area contributed by atoms with Gasteiger partial charge in [-0.3, -0.25) is 0 Å². The SMILES string of the molecule is [Cl-].[Cl-].[Cl-].[Cl-].[Ti+2]. The van der Waals surface area contributed by atoms with Crippen LogP contribution in [-0.4, -0.2) is 0 Å². The van der Waals surface area contributed by atoms with Crippen molar-refractivity contribution in [2.75, 3.05) is 0 Å². The normalized spacial score (nSPS) is 0. The van der Waals surface area contributed by atoms with Crippen molar-refractivity contribution in [3.05, 3.63) is 0 Å². The Labute approximate surface area is 71.0 Å². The summed E-state index contributed by atoms with van der Waals surface area (Å²) in [6, 6.07) is 0. The Morgan fingerprint density at radius 2 is 0.400 bits per heavy atom. The Kier molecular flexibility index (Phi) is 537. The van der Waals surface area contributed by atoms with E-state index in [4.69, 9.17) is 0 Å². The molecule has 0 aromatic heterocycles. The van der Waals surface area contributed by atoms with Gasteiger partial charge in [0, 0.05) is 0 Å². The summed E-state index contributed by atoms with van der Waals surface area (Å²) in [6.07, 6.45) is 0. The van der Waals surface area contributed by atoms with Crippen molar-refractivity contribution < 1.29 is 71.3 Å².